The molecule has 0 aliphatic heterocycles. The highest BCUT2D eigenvalue weighted by atomic mass is 35.5. The molecular weight excluding hydrogens is 333 g/mol. The Morgan fingerprint density at radius 3 is 1.38 bits per heavy atom. The van der Waals surface area contributed by atoms with Gasteiger partial charge in [0.15, 0.2) is 0 Å². The van der Waals surface area contributed by atoms with Crippen LogP contribution in [0.15, 0.2) is 12.1 Å². The molecule has 0 spiro atoms. The van der Waals surface area contributed by atoms with Gasteiger partial charge in [-0.2, -0.15) is 0 Å². The number of rotatable bonds is 3. The molecule has 0 saturated heterocycles. The standard InChI is InChI=1S/C10H7Cl6/c1-4-6(9(13)14)2-5(8(11)12)3-7(4)10(15)16/h2-3,8-10H,1H2. The first-order chi connectivity index (χ1) is 7.34. The van der Waals surface area contributed by atoms with Gasteiger partial charge in [0.2, 0.25) is 0 Å². The summed E-state index contributed by atoms with van der Waals surface area (Å²) in [5.74, 6) is 0. The molecule has 0 aromatic heterocycles. The molecule has 0 N–H and O–H groups in total. The Kier molecular flexibility index (Phi) is 5.84. The molecule has 1 aromatic carbocycles. The fourth-order valence-corrected chi connectivity index (χ4v) is 2.29. The first kappa shape index (κ1) is 15.0. The summed E-state index contributed by atoms with van der Waals surface area (Å²) in [6.45, 7) is 3.84. The normalized spacial score (nSPS) is 11.9. The second-order valence-corrected chi connectivity index (χ2v) is 6.37. The van der Waals surface area contributed by atoms with E-state index in [-0.39, 0.29) is 0 Å². The fourth-order valence-electron chi connectivity index (χ4n) is 1.26. The monoisotopic (exact) mass is 337 g/mol. The van der Waals surface area contributed by atoms with Crippen LogP contribution in [0.1, 0.15) is 36.8 Å². The molecule has 6 heteroatoms. The molecule has 0 atom stereocenters. The van der Waals surface area contributed by atoms with Crippen LogP contribution in [0.4, 0.5) is 0 Å². The zero-order valence-corrected chi connectivity index (χ0v) is 12.4. The lowest BCUT2D eigenvalue weighted by atomic mass is 10.0. The molecule has 1 aromatic rings. The molecule has 0 aliphatic rings. The van der Waals surface area contributed by atoms with Gasteiger partial charge in [-0.05, 0) is 29.2 Å². The molecular formula is C10H7Cl6. The molecule has 0 saturated carbocycles. The van der Waals surface area contributed by atoms with Gasteiger partial charge in [-0.15, -0.1) is 69.6 Å². The minimum atomic E-state index is -0.731. The zero-order chi connectivity index (χ0) is 12.5. The first-order valence-corrected chi connectivity index (χ1v) is 6.80. The summed E-state index contributed by atoms with van der Waals surface area (Å²) in [6, 6.07) is 3.38. The van der Waals surface area contributed by atoms with E-state index in [1.54, 1.807) is 12.1 Å². The number of alkyl halides is 6. The van der Waals surface area contributed by atoms with Gasteiger partial charge in [-0.3, -0.25) is 0 Å². The van der Waals surface area contributed by atoms with Crippen LogP contribution in [-0.2, 0) is 0 Å². The van der Waals surface area contributed by atoms with E-state index in [1.807, 2.05) is 0 Å². The first-order valence-electron chi connectivity index (χ1n) is 4.18. The average Bonchev–Trinajstić information content (AvgIpc) is 2.16. The summed E-state index contributed by atoms with van der Waals surface area (Å²) in [5.41, 5.74) is 2.45. The molecule has 0 nitrogen and oxygen atoms in total. The van der Waals surface area contributed by atoms with Gasteiger partial charge in [0, 0.05) is 0 Å². The Balaban J connectivity index is 3.39. The van der Waals surface area contributed by atoms with Crippen LogP contribution in [0.5, 0.6) is 0 Å². The molecule has 0 bridgehead atoms. The van der Waals surface area contributed by atoms with Gasteiger partial charge in [0.25, 0.3) is 0 Å². The summed E-state index contributed by atoms with van der Waals surface area (Å²) in [5, 5.41) is 0. The van der Waals surface area contributed by atoms with Crippen LogP contribution in [0.25, 0.3) is 0 Å². The van der Waals surface area contributed by atoms with Crippen molar-refractivity contribution in [3.05, 3.63) is 41.3 Å². The number of hydrogen-bond acceptors (Lipinski definition) is 0. The zero-order valence-electron chi connectivity index (χ0n) is 7.86. The highest BCUT2D eigenvalue weighted by Crippen LogP contribution is 2.39. The van der Waals surface area contributed by atoms with Crippen molar-refractivity contribution in [3.63, 3.8) is 0 Å². The quantitative estimate of drug-likeness (QED) is 0.567. The largest absolute Gasteiger partial charge is 0.133 e. The number of hydrogen-bond donors (Lipinski definition) is 0. The van der Waals surface area contributed by atoms with Crippen LogP contribution in [0.3, 0.4) is 0 Å². The summed E-state index contributed by atoms with van der Waals surface area (Å²) < 4.78 is 0. The second kappa shape index (κ2) is 6.22. The molecule has 16 heavy (non-hydrogen) atoms. The fraction of sp³-hybridized carbons (Fsp3) is 0.300. The van der Waals surface area contributed by atoms with Crippen molar-refractivity contribution in [2.24, 2.45) is 0 Å². The third-order valence-corrected chi connectivity index (χ3v) is 3.51. The van der Waals surface area contributed by atoms with E-state index in [0.717, 1.165) is 0 Å². The summed E-state index contributed by atoms with van der Waals surface area (Å²) in [7, 11) is 0. The molecule has 1 rings (SSSR count). The third-order valence-electron chi connectivity index (χ3n) is 2.06. The van der Waals surface area contributed by atoms with E-state index < -0.39 is 14.5 Å². The van der Waals surface area contributed by atoms with Gasteiger partial charge in [-0.25, -0.2) is 0 Å². The van der Waals surface area contributed by atoms with Gasteiger partial charge in [0.05, 0.1) is 0 Å². The Morgan fingerprint density at radius 1 is 0.750 bits per heavy atom. The van der Waals surface area contributed by atoms with Crippen LogP contribution in [-0.4, -0.2) is 0 Å². The van der Waals surface area contributed by atoms with Crippen molar-refractivity contribution in [2.45, 2.75) is 14.5 Å². The van der Waals surface area contributed by atoms with Crippen molar-refractivity contribution in [3.8, 4) is 0 Å². The van der Waals surface area contributed by atoms with Crippen molar-refractivity contribution in [2.75, 3.05) is 0 Å². The number of halogens is 6. The van der Waals surface area contributed by atoms with Gasteiger partial charge < -0.3 is 0 Å². The predicted molar refractivity (Wildman–Crippen MR) is 74.2 cm³/mol. The van der Waals surface area contributed by atoms with E-state index in [0.29, 0.717) is 22.3 Å². The van der Waals surface area contributed by atoms with E-state index in [2.05, 4.69) is 6.92 Å². The van der Waals surface area contributed by atoms with E-state index in [9.17, 15) is 0 Å². The maximum absolute atomic E-state index is 5.81. The smallest absolute Gasteiger partial charge is 0.100 e. The highest BCUT2D eigenvalue weighted by molar-refractivity contribution is 6.46. The Hall–Kier alpha value is 0.960. The van der Waals surface area contributed by atoms with Crippen molar-refractivity contribution >= 4 is 69.6 Å². The SMILES string of the molecule is [CH2]c1c(C(Cl)Cl)cc(C(Cl)Cl)cc1C(Cl)Cl. The Bertz CT molecular complexity index is 343. The second-order valence-electron chi connectivity index (χ2n) is 3.08. The maximum Gasteiger partial charge on any atom is 0.133 e. The maximum atomic E-state index is 5.81. The molecule has 0 amide bonds. The highest BCUT2D eigenvalue weighted by Gasteiger charge is 2.18. The van der Waals surface area contributed by atoms with Gasteiger partial charge >= 0.3 is 0 Å². The lowest BCUT2D eigenvalue weighted by molar-refractivity contribution is 1.18. The molecule has 1 radical (unpaired) electrons. The minimum absolute atomic E-state index is 0.600. The molecule has 0 heterocycles. The third kappa shape index (κ3) is 3.48. The van der Waals surface area contributed by atoms with Crippen LogP contribution in [0.2, 0.25) is 0 Å². The summed E-state index contributed by atoms with van der Waals surface area (Å²) in [4.78, 5) is -2.16. The lowest BCUT2D eigenvalue weighted by Gasteiger charge is -2.16. The molecule has 0 aliphatic carbocycles. The van der Waals surface area contributed by atoms with Crippen LogP contribution in [0, 0.1) is 6.92 Å². The summed E-state index contributed by atoms with van der Waals surface area (Å²) >= 11 is 34.8. The number of benzene rings is 1. The lowest BCUT2D eigenvalue weighted by Crippen LogP contribution is -1.98. The molecule has 0 unspecified atom stereocenters. The van der Waals surface area contributed by atoms with Gasteiger partial charge in [-0.1, -0.05) is 12.1 Å². The Labute approximate surface area is 125 Å². The molecule has 0 fully saturated rings. The predicted octanol–water partition coefficient (Wildman–Crippen LogP) is 6.30. The minimum Gasteiger partial charge on any atom is -0.100 e. The molecule has 89 valence electrons. The summed E-state index contributed by atoms with van der Waals surface area (Å²) in [6.07, 6.45) is 0. The Morgan fingerprint density at radius 2 is 1.12 bits per heavy atom. The van der Waals surface area contributed by atoms with Crippen molar-refractivity contribution in [1.29, 1.82) is 0 Å². The van der Waals surface area contributed by atoms with E-state index >= 15 is 0 Å². The van der Waals surface area contributed by atoms with E-state index in [4.69, 9.17) is 69.6 Å². The van der Waals surface area contributed by atoms with Gasteiger partial charge in [0.1, 0.15) is 14.5 Å². The topological polar surface area (TPSA) is 0 Å². The van der Waals surface area contributed by atoms with Crippen molar-refractivity contribution in [1.82, 2.24) is 0 Å². The van der Waals surface area contributed by atoms with Crippen LogP contribution >= 0.6 is 69.6 Å². The van der Waals surface area contributed by atoms with E-state index in [1.165, 1.54) is 0 Å². The van der Waals surface area contributed by atoms with Crippen molar-refractivity contribution < 1.29 is 0 Å². The van der Waals surface area contributed by atoms with Crippen LogP contribution < -0.4 is 0 Å². The average molecular weight is 340 g/mol.